The SMILES string of the molecule is O=S(=O)(Nc1nc2ccccc2nc1Nc1ccc2c(c1)OCO2)c1ccc(Cl)cc1. The fourth-order valence-corrected chi connectivity index (χ4v) is 4.20. The number of halogens is 1. The predicted molar refractivity (Wildman–Crippen MR) is 118 cm³/mol. The fraction of sp³-hybridized carbons (Fsp3) is 0.0476. The molecule has 0 fully saturated rings. The first-order chi connectivity index (χ1) is 15.0. The molecule has 4 aromatic rings. The quantitative estimate of drug-likeness (QED) is 0.455. The van der Waals surface area contributed by atoms with Crippen molar-refractivity contribution in [1.82, 2.24) is 9.97 Å². The van der Waals surface area contributed by atoms with Crippen LogP contribution in [0.2, 0.25) is 5.02 Å². The number of fused-ring (bicyclic) bond motifs is 2. The van der Waals surface area contributed by atoms with Crippen LogP contribution in [0.5, 0.6) is 11.5 Å². The summed E-state index contributed by atoms with van der Waals surface area (Å²) in [7, 11) is -3.92. The van der Waals surface area contributed by atoms with Crippen LogP contribution in [-0.4, -0.2) is 25.2 Å². The minimum Gasteiger partial charge on any atom is -0.454 e. The Labute approximate surface area is 182 Å². The second kappa shape index (κ2) is 7.60. The van der Waals surface area contributed by atoms with Crippen LogP contribution in [0.1, 0.15) is 0 Å². The van der Waals surface area contributed by atoms with E-state index in [-0.39, 0.29) is 23.3 Å². The lowest BCUT2D eigenvalue weighted by Crippen LogP contribution is -2.16. The Hall–Kier alpha value is -3.56. The highest BCUT2D eigenvalue weighted by atomic mass is 35.5. The molecule has 156 valence electrons. The van der Waals surface area contributed by atoms with Gasteiger partial charge in [-0.15, -0.1) is 0 Å². The maximum atomic E-state index is 12.9. The number of benzene rings is 3. The minimum absolute atomic E-state index is 0.0564. The normalized spacial score (nSPS) is 12.7. The number of anilines is 3. The van der Waals surface area contributed by atoms with Gasteiger partial charge >= 0.3 is 0 Å². The van der Waals surface area contributed by atoms with Crippen molar-refractivity contribution in [3.63, 3.8) is 0 Å². The highest BCUT2D eigenvalue weighted by Gasteiger charge is 2.20. The lowest BCUT2D eigenvalue weighted by Gasteiger charge is -2.14. The molecule has 1 aliphatic rings. The van der Waals surface area contributed by atoms with Crippen molar-refractivity contribution in [3.05, 3.63) is 71.8 Å². The summed E-state index contributed by atoms with van der Waals surface area (Å²) in [5.41, 5.74) is 1.80. The lowest BCUT2D eigenvalue weighted by atomic mass is 10.2. The molecule has 10 heteroatoms. The number of nitrogens with one attached hydrogen (secondary N) is 2. The molecular formula is C21H15ClN4O4S. The summed E-state index contributed by atoms with van der Waals surface area (Å²) in [4.78, 5) is 9.09. The lowest BCUT2D eigenvalue weighted by molar-refractivity contribution is 0.174. The van der Waals surface area contributed by atoms with E-state index >= 15 is 0 Å². The number of ether oxygens (including phenoxy) is 2. The van der Waals surface area contributed by atoms with E-state index in [4.69, 9.17) is 21.1 Å². The monoisotopic (exact) mass is 454 g/mol. The van der Waals surface area contributed by atoms with Crippen molar-refractivity contribution in [1.29, 1.82) is 0 Å². The number of para-hydroxylation sites is 2. The fourth-order valence-electron chi connectivity index (χ4n) is 3.07. The number of nitrogens with zero attached hydrogens (tertiary/aromatic N) is 2. The molecule has 3 aromatic carbocycles. The van der Waals surface area contributed by atoms with Crippen LogP contribution in [0.25, 0.3) is 11.0 Å². The first kappa shape index (κ1) is 19.4. The Bertz CT molecular complexity index is 1390. The first-order valence-corrected chi connectivity index (χ1v) is 11.1. The first-order valence-electron chi connectivity index (χ1n) is 9.20. The summed E-state index contributed by atoms with van der Waals surface area (Å²) in [5.74, 6) is 1.53. The molecule has 0 atom stereocenters. The van der Waals surface area contributed by atoms with Gasteiger partial charge in [0.05, 0.1) is 15.9 Å². The third kappa shape index (κ3) is 3.92. The van der Waals surface area contributed by atoms with Crippen LogP contribution in [0.15, 0.2) is 71.6 Å². The molecule has 1 aliphatic heterocycles. The molecule has 8 nitrogen and oxygen atoms in total. The van der Waals surface area contributed by atoms with Crippen LogP contribution >= 0.6 is 11.6 Å². The van der Waals surface area contributed by atoms with Gasteiger partial charge in [0.15, 0.2) is 23.1 Å². The molecule has 2 heterocycles. The van der Waals surface area contributed by atoms with E-state index < -0.39 is 10.0 Å². The van der Waals surface area contributed by atoms with Gasteiger partial charge in [-0.05, 0) is 48.5 Å². The topological polar surface area (TPSA) is 102 Å². The largest absolute Gasteiger partial charge is 0.454 e. The van der Waals surface area contributed by atoms with E-state index in [0.29, 0.717) is 33.2 Å². The van der Waals surface area contributed by atoms with Gasteiger partial charge in [-0.2, -0.15) is 0 Å². The van der Waals surface area contributed by atoms with Gasteiger partial charge in [0.1, 0.15) is 0 Å². The molecule has 0 saturated heterocycles. The van der Waals surface area contributed by atoms with Crippen molar-refractivity contribution < 1.29 is 17.9 Å². The van der Waals surface area contributed by atoms with Crippen LogP contribution in [-0.2, 0) is 10.0 Å². The summed E-state index contributed by atoms with van der Waals surface area (Å²) in [6.45, 7) is 0.153. The molecule has 0 spiro atoms. The number of aromatic nitrogens is 2. The maximum Gasteiger partial charge on any atom is 0.263 e. The van der Waals surface area contributed by atoms with Gasteiger partial charge in [-0.1, -0.05) is 23.7 Å². The van der Waals surface area contributed by atoms with E-state index in [9.17, 15) is 8.42 Å². The van der Waals surface area contributed by atoms with E-state index in [2.05, 4.69) is 20.0 Å². The molecular weight excluding hydrogens is 440 g/mol. The van der Waals surface area contributed by atoms with E-state index in [1.54, 1.807) is 36.4 Å². The zero-order chi connectivity index (χ0) is 21.4. The Morgan fingerprint density at radius 1 is 0.839 bits per heavy atom. The Morgan fingerprint density at radius 3 is 2.26 bits per heavy atom. The number of sulfonamides is 1. The van der Waals surface area contributed by atoms with Gasteiger partial charge < -0.3 is 14.8 Å². The van der Waals surface area contributed by atoms with Crippen LogP contribution in [0.3, 0.4) is 0 Å². The summed E-state index contributed by atoms with van der Waals surface area (Å²) >= 11 is 5.88. The molecule has 0 radical (unpaired) electrons. The summed E-state index contributed by atoms with van der Waals surface area (Å²) < 4.78 is 39.1. The third-order valence-corrected chi connectivity index (χ3v) is 6.17. The zero-order valence-corrected chi connectivity index (χ0v) is 17.4. The smallest absolute Gasteiger partial charge is 0.263 e. The third-order valence-electron chi connectivity index (χ3n) is 4.56. The standard InChI is InChI=1S/C21H15ClN4O4S/c22-13-5-8-15(9-6-13)31(27,28)26-21-20(24-16-3-1-2-4-17(16)25-21)23-14-7-10-18-19(11-14)30-12-29-18/h1-11H,12H2,(H,23,24)(H,25,26). The Balaban J connectivity index is 1.55. The molecule has 2 N–H and O–H groups in total. The Morgan fingerprint density at radius 2 is 1.52 bits per heavy atom. The van der Waals surface area contributed by atoms with Crippen LogP contribution in [0, 0.1) is 0 Å². The minimum atomic E-state index is -3.92. The second-order valence-electron chi connectivity index (χ2n) is 6.66. The van der Waals surface area contributed by atoms with Crippen molar-refractivity contribution in [3.8, 4) is 11.5 Å². The predicted octanol–water partition coefficient (Wildman–Crippen LogP) is 4.56. The van der Waals surface area contributed by atoms with E-state index in [1.807, 2.05) is 6.07 Å². The average Bonchev–Trinajstić information content (AvgIpc) is 3.22. The summed E-state index contributed by atoms with van der Waals surface area (Å²) in [6, 6.07) is 18.3. The van der Waals surface area contributed by atoms with Crippen molar-refractivity contribution in [2.45, 2.75) is 4.90 Å². The van der Waals surface area contributed by atoms with Crippen LogP contribution < -0.4 is 19.5 Å². The van der Waals surface area contributed by atoms with Gasteiger partial charge in [0.2, 0.25) is 6.79 Å². The molecule has 0 amide bonds. The van der Waals surface area contributed by atoms with E-state index in [1.165, 1.54) is 24.3 Å². The summed E-state index contributed by atoms with van der Waals surface area (Å²) in [6.07, 6.45) is 0. The van der Waals surface area contributed by atoms with Gasteiger partial charge in [0, 0.05) is 16.8 Å². The maximum absolute atomic E-state index is 12.9. The Kier molecular flexibility index (Phi) is 4.76. The second-order valence-corrected chi connectivity index (χ2v) is 8.78. The molecule has 5 rings (SSSR count). The van der Waals surface area contributed by atoms with Gasteiger partial charge in [0.25, 0.3) is 10.0 Å². The van der Waals surface area contributed by atoms with Gasteiger partial charge in [-0.3, -0.25) is 4.72 Å². The molecule has 1 aromatic heterocycles. The highest BCUT2D eigenvalue weighted by Crippen LogP contribution is 2.36. The van der Waals surface area contributed by atoms with Gasteiger partial charge in [-0.25, -0.2) is 18.4 Å². The number of hydrogen-bond donors (Lipinski definition) is 2. The molecule has 0 bridgehead atoms. The molecule has 0 unspecified atom stereocenters. The van der Waals surface area contributed by atoms with Crippen molar-refractivity contribution in [2.24, 2.45) is 0 Å². The number of rotatable bonds is 5. The van der Waals surface area contributed by atoms with Crippen molar-refractivity contribution >= 4 is 50.0 Å². The molecule has 0 saturated carbocycles. The van der Waals surface area contributed by atoms with E-state index in [0.717, 1.165) is 0 Å². The molecule has 31 heavy (non-hydrogen) atoms. The average molecular weight is 455 g/mol. The number of hydrogen-bond acceptors (Lipinski definition) is 7. The van der Waals surface area contributed by atoms with Crippen LogP contribution in [0.4, 0.5) is 17.3 Å². The zero-order valence-electron chi connectivity index (χ0n) is 15.9. The molecule has 0 aliphatic carbocycles. The van der Waals surface area contributed by atoms with Crippen molar-refractivity contribution in [2.75, 3.05) is 16.8 Å². The highest BCUT2D eigenvalue weighted by molar-refractivity contribution is 7.92. The summed E-state index contributed by atoms with van der Waals surface area (Å²) in [5, 5.41) is 3.56.